The zero-order valence-electron chi connectivity index (χ0n) is 14.1. The molecule has 0 saturated heterocycles. The molecule has 1 aromatic heterocycles. The number of hydrogen-bond donors (Lipinski definition) is 2. The maximum Gasteiger partial charge on any atom is 0.292 e. The van der Waals surface area contributed by atoms with Crippen molar-refractivity contribution in [2.75, 3.05) is 16.8 Å². The molecule has 0 bridgehead atoms. The molecule has 1 heterocycles. The van der Waals surface area contributed by atoms with E-state index in [1.807, 2.05) is 0 Å². The molecule has 0 unspecified atom stereocenters. The summed E-state index contributed by atoms with van der Waals surface area (Å²) >= 11 is 2.76. The molecule has 2 aromatic rings. The molecule has 0 spiro atoms. The monoisotopic (exact) mass is 394 g/mol. The maximum atomic E-state index is 12.1. The summed E-state index contributed by atoms with van der Waals surface area (Å²) in [5.74, 6) is 1.17. The summed E-state index contributed by atoms with van der Waals surface area (Å²) in [4.78, 5) is 41.1. The van der Waals surface area contributed by atoms with Crippen molar-refractivity contribution >= 4 is 40.8 Å². The molecular formula is C16H18N4O4S2. The molecule has 0 aliphatic heterocycles. The minimum absolute atomic E-state index is 0.0272. The Morgan fingerprint density at radius 1 is 1.38 bits per heavy atom. The third kappa shape index (κ3) is 6.19. The molecule has 0 saturated carbocycles. The van der Waals surface area contributed by atoms with Crippen LogP contribution in [0.25, 0.3) is 0 Å². The van der Waals surface area contributed by atoms with E-state index in [4.69, 9.17) is 0 Å². The Kier molecular flexibility index (Phi) is 7.67. The Morgan fingerprint density at radius 3 is 2.88 bits per heavy atom. The highest BCUT2D eigenvalue weighted by Crippen LogP contribution is 2.23. The average molecular weight is 394 g/mol. The zero-order valence-corrected chi connectivity index (χ0v) is 15.7. The number of amides is 1. The number of H-pyrrole nitrogens is 1. The van der Waals surface area contributed by atoms with Gasteiger partial charge in [-0.2, -0.15) is 11.8 Å². The molecule has 138 valence electrons. The summed E-state index contributed by atoms with van der Waals surface area (Å²) in [5, 5.41) is 13.8. The van der Waals surface area contributed by atoms with E-state index in [0.717, 1.165) is 23.9 Å². The second-order valence-corrected chi connectivity index (χ2v) is 7.27. The second kappa shape index (κ2) is 9.97. The third-order valence-corrected chi connectivity index (χ3v) is 5.16. The van der Waals surface area contributed by atoms with Crippen molar-refractivity contribution in [2.45, 2.75) is 24.3 Å². The summed E-state index contributed by atoms with van der Waals surface area (Å²) in [6.45, 7) is 2.08. The Labute approximate surface area is 158 Å². The van der Waals surface area contributed by atoms with E-state index in [9.17, 15) is 19.7 Å². The van der Waals surface area contributed by atoms with E-state index < -0.39 is 10.8 Å². The van der Waals surface area contributed by atoms with Gasteiger partial charge in [0.2, 0.25) is 5.91 Å². The summed E-state index contributed by atoms with van der Waals surface area (Å²) < 4.78 is 0. The Balaban J connectivity index is 1.97. The number of nitrogens with one attached hydrogen (secondary N) is 2. The van der Waals surface area contributed by atoms with Gasteiger partial charge < -0.3 is 10.3 Å². The predicted molar refractivity (Wildman–Crippen MR) is 104 cm³/mol. The lowest BCUT2D eigenvalue weighted by molar-refractivity contribution is -0.383. The van der Waals surface area contributed by atoms with Crippen LogP contribution in [0.3, 0.4) is 0 Å². The number of benzene rings is 1. The van der Waals surface area contributed by atoms with Crippen molar-refractivity contribution in [2.24, 2.45) is 0 Å². The zero-order chi connectivity index (χ0) is 18.9. The average Bonchev–Trinajstić information content (AvgIpc) is 2.60. The first-order chi connectivity index (χ1) is 12.5. The molecule has 1 aromatic carbocycles. The number of thioether (sulfide) groups is 2. The van der Waals surface area contributed by atoms with Gasteiger partial charge >= 0.3 is 0 Å². The van der Waals surface area contributed by atoms with E-state index in [0.29, 0.717) is 16.6 Å². The SMILES string of the molecule is CCCSCc1cc(=O)[nH]c(SCC(=O)Nc2ccccc2[N+](=O)[O-])n1. The first-order valence-corrected chi connectivity index (χ1v) is 9.97. The summed E-state index contributed by atoms with van der Waals surface area (Å²) in [7, 11) is 0. The topological polar surface area (TPSA) is 118 Å². The van der Waals surface area contributed by atoms with Crippen LogP contribution >= 0.6 is 23.5 Å². The van der Waals surface area contributed by atoms with Crippen molar-refractivity contribution in [3.63, 3.8) is 0 Å². The minimum atomic E-state index is -0.556. The number of rotatable bonds is 9. The number of carbonyl (C=O) groups excluding carboxylic acids is 1. The van der Waals surface area contributed by atoms with E-state index in [1.165, 1.54) is 24.3 Å². The Bertz CT molecular complexity index is 841. The van der Waals surface area contributed by atoms with Gasteiger partial charge in [-0.1, -0.05) is 30.8 Å². The van der Waals surface area contributed by atoms with Crippen LogP contribution in [-0.2, 0) is 10.5 Å². The van der Waals surface area contributed by atoms with Crippen LogP contribution in [0.15, 0.2) is 40.3 Å². The lowest BCUT2D eigenvalue weighted by Gasteiger charge is -2.06. The number of hydrogen-bond acceptors (Lipinski definition) is 7. The number of anilines is 1. The Hall–Kier alpha value is -2.33. The normalized spacial score (nSPS) is 10.5. The van der Waals surface area contributed by atoms with Crippen molar-refractivity contribution in [3.05, 3.63) is 56.5 Å². The minimum Gasteiger partial charge on any atom is -0.320 e. The first-order valence-electron chi connectivity index (χ1n) is 7.83. The highest BCUT2D eigenvalue weighted by Gasteiger charge is 2.15. The lowest BCUT2D eigenvalue weighted by atomic mass is 10.2. The van der Waals surface area contributed by atoms with Gasteiger partial charge in [-0.25, -0.2) is 4.98 Å². The van der Waals surface area contributed by atoms with Crippen molar-refractivity contribution in [3.8, 4) is 0 Å². The summed E-state index contributed by atoms with van der Waals surface area (Å²) in [6.07, 6.45) is 1.04. The number of nitro benzene ring substituents is 1. The molecule has 1 amide bonds. The fourth-order valence-corrected chi connectivity index (χ4v) is 3.49. The number of nitrogens with zero attached hydrogens (tertiary/aromatic N) is 2. The molecule has 0 atom stereocenters. The van der Waals surface area contributed by atoms with Crippen LogP contribution < -0.4 is 10.9 Å². The van der Waals surface area contributed by atoms with Crippen LogP contribution in [0.1, 0.15) is 19.0 Å². The molecule has 0 aliphatic carbocycles. The molecule has 0 radical (unpaired) electrons. The van der Waals surface area contributed by atoms with Gasteiger partial charge in [0.1, 0.15) is 5.69 Å². The molecule has 26 heavy (non-hydrogen) atoms. The number of nitro groups is 1. The van der Waals surface area contributed by atoms with Gasteiger partial charge in [-0.05, 0) is 18.2 Å². The quantitative estimate of drug-likeness (QED) is 0.221. The smallest absolute Gasteiger partial charge is 0.292 e. The van der Waals surface area contributed by atoms with Crippen molar-refractivity contribution < 1.29 is 9.72 Å². The largest absolute Gasteiger partial charge is 0.320 e. The van der Waals surface area contributed by atoms with E-state index in [1.54, 1.807) is 17.8 Å². The second-order valence-electron chi connectivity index (χ2n) is 5.21. The number of aromatic nitrogens is 2. The summed E-state index contributed by atoms with van der Waals surface area (Å²) in [6, 6.07) is 7.36. The molecule has 0 aliphatic rings. The fraction of sp³-hybridized carbons (Fsp3) is 0.312. The Morgan fingerprint density at radius 2 is 2.15 bits per heavy atom. The summed E-state index contributed by atoms with van der Waals surface area (Å²) in [5.41, 5.74) is 0.351. The van der Waals surface area contributed by atoms with Gasteiger partial charge in [0.25, 0.3) is 11.2 Å². The molecule has 0 fully saturated rings. The van der Waals surface area contributed by atoms with E-state index in [2.05, 4.69) is 22.2 Å². The van der Waals surface area contributed by atoms with Gasteiger partial charge in [-0.3, -0.25) is 19.7 Å². The lowest BCUT2D eigenvalue weighted by Crippen LogP contribution is -2.16. The fourth-order valence-electron chi connectivity index (χ4n) is 2.01. The molecule has 8 nitrogen and oxygen atoms in total. The molecular weight excluding hydrogens is 376 g/mol. The first kappa shape index (κ1) is 20.0. The molecule has 2 N–H and O–H groups in total. The van der Waals surface area contributed by atoms with Crippen molar-refractivity contribution in [1.82, 2.24) is 9.97 Å². The highest BCUT2D eigenvalue weighted by atomic mass is 32.2. The standard InChI is InChI=1S/C16H18N4O4S2/c1-2-7-25-9-11-8-14(21)19-16(17-11)26-10-15(22)18-12-5-3-4-6-13(12)20(23)24/h3-6,8H,2,7,9-10H2,1H3,(H,18,22)(H,17,19,21). The maximum absolute atomic E-state index is 12.1. The highest BCUT2D eigenvalue weighted by molar-refractivity contribution is 7.99. The van der Waals surface area contributed by atoms with Crippen molar-refractivity contribution in [1.29, 1.82) is 0 Å². The van der Waals surface area contributed by atoms with E-state index >= 15 is 0 Å². The van der Waals surface area contributed by atoms with Crippen LogP contribution in [0.2, 0.25) is 0 Å². The van der Waals surface area contributed by atoms with Crippen LogP contribution in [0, 0.1) is 10.1 Å². The molecule has 10 heteroatoms. The third-order valence-electron chi connectivity index (χ3n) is 3.09. The van der Waals surface area contributed by atoms with Gasteiger partial charge in [-0.15, -0.1) is 0 Å². The van der Waals surface area contributed by atoms with Gasteiger partial charge in [0.15, 0.2) is 5.16 Å². The van der Waals surface area contributed by atoms with Gasteiger partial charge in [0, 0.05) is 17.9 Å². The number of para-hydroxylation sites is 2. The molecule has 2 rings (SSSR count). The van der Waals surface area contributed by atoms with Crippen LogP contribution in [0.5, 0.6) is 0 Å². The number of aromatic amines is 1. The van der Waals surface area contributed by atoms with Crippen LogP contribution in [-0.4, -0.2) is 32.3 Å². The number of carbonyl (C=O) groups is 1. The predicted octanol–water partition coefficient (Wildman–Crippen LogP) is 3.05. The van der Waals surface area contributed by atoms with E-state index in [-0.39, 0.29) is 22.7 Å². The van der Waals surface area contributed by atoms with Crippen LogP contribution in [0.4, 0.5) is 11.4 Å². The van der Waals surface area contributed by atoms with Gasteiger partial charge in [0.05, 0.1) is 16.4 Å².